The number of carbonyl (C=O) groups excluding carboxylic acids is 1. The van der Waals surface area contributed by atoms with Gasteiger partial charge in [-0.2, -0.15) is 0 Å². The summed E-state index contributed by atoms with van der Waals surface area (Å²) in [4.78, 5) is 11.1. The van der Waals surface area contributed by atoms with Gasteiger partial charge in [0.05, 0.1) is 7.11 Å². The molecule has 5 nitrogen and oxygen atoms in total. The van der Waals surface area contributed by atoms with Crippen LogP contribution in [0.25, 0.3) is 0 Å². The SMILES string of the molecule is COC(=O)c1ccc(NCCC2CCC2)nn1. The van der Waals surface area contributed by atoms with Crippen LogP contribution in [0.1, 0.15) is 36.2 Å². The standard InChI is InChI=1S/C12H17N3O2/c1-17-12(16)10-5-6-11(15-14-10)13-8-7-9-3-2-4-9/h5-6,9H,2-4,7-8H2,1H3,(H,13,15). The molecule has 1 aliphatic carbocycles. The van der Waals surface area contributed by atoms with Crippen molar-refractivity contribution in [1.82, 2.24) is 10.2 Å². The maximum atomic E-state index is 11.1. The zero-order valence-electron chi connectivity index (χ0n) is 9.98. The first-order valence-corrected chi connectivity index (χ1v) is 5.95. The molecule has 92 valence electrons. The first kappa shape index (κ1) is 11.8. The molecule has 1 fully saturated rings. The number of nitrogens with zero attached hydrogens (tertiary/aromatic N) is 2. The van der Waals surface area contributed by atoms with E-state index in [0.717, 1.165) is 12.5 Å². The van der Waals surface area contributed by atoms with E-state index in [-0.39, 0.29) is 5.69 Å². The minimum atomic E-state index is -0.460. The van der Waals surface area contributed by atoms with Crippen LogP contribution in [0.2, 0.25) is 0 Å². The third kappa shape index (κ3) is 3.15. The second-order valence-corrected chi connectivity index (χ2v) is 4.31. The van der Waals surface area contributed by atoms with Crippen molar-refractivity contribution in [2.24, 2.45) is 5.92 Å². The van der Waals surface area contributed by atoms with Gasteiger partial charge in [0.25, 0.3) is 0 Å². The van der Waals surface area contributed by atoms with E-state index < -0.39 is 5.97 Å². The zero-order valence-corrected chi connectivity index (χ0v) is 9.98. The molecule has 0 saturated heterocycles. The Hall–Kier alpha value is -1.65. The maximum absolute atomic E-state index is 11.1. The number of hydrogen-bond donors (Lipinski definition) is 1. The van der Waals surface area contributed by atoms with Crippen LogP contribution in [0.5, 0.6) is 0 Å². The smallest absolute Gasteiger partial charge is 0.358 e. The number of ether oxygens (including phenoxy) is 1. The highest BCUT2D eigenvalue weighted by Crippen LogP contribution is 2.28. The molecule has 0 unspecified atom stereocenters. The Morgan fingerprint density at radius 3 is 2.82 bits per heavy atom. The lowest BCUT2D eigenvalue weighted by Gasteiger charge is -2.25. The van der Waals surface area contributed by atoms with E-state index in [0.29, 0.717) is 5.82 Å². The highest BCUT2D eigenvalue weighted by molar-refractivity contribution is 5.86. The average Bonchev–Trinajstić information content (AvgIpc) is 2.32. The molecule has 0 atom stereocenters. The Kier molecular flexibility index (Phi) is 3.90. The quantitative estimate of drug-likeness (QED) is 0.789. The van der Waals surface area contributed by atoms with Gasteiger partial charge in [-0.05, 0) is 24.5 Å². The summed E-state index contributed by atoms with van der Waals surface area (Å²) in [5.41, 5.74) is 0.233. The predicted molar refractivity (Wildman–Crippen MR) is 63.8 cm³/mol. The lowest BCUT2D eigenvalue weighted by molar-refractivity contribution is 0.0593. The first-order chi connectivity index (χ1) is 8.29. The molecule has 5 heteroatoms. The van der Waals surface area contributed by atoms with Crippen molar-refractivity contribution in [2.45, 2.75) is 25.7 Å². The lowest BCUT2D eigenvalue weighted by atomic mass is 9.83. The molecule has 1 heterocycles. The summed E-state index contributed by atoms with van der Waals surface area (Å²) in [5.74, 6) is 1.13. The molecular weight excluding hydrogens is 218 g/mol. The third-order valence-corrected chi connectivity index (χ3v) is 3.14. The molecule has 0 aromatic carbocycles. The number of nitrogens with one attached hydrogen (secondary N) is 1. The molecule has 1 N–H and O–H groups in total. The van der Waals surface area contributed by atoms with Crippen molar-refractivity contribution < 1.29 is 9.53 Å². The van der Waals surface area contributed by atoms with E-state index in [9.17, 15) is 4.79 Å². The first-order valence-electron chi connectivity index (χ1n) is 5.95. The van der Waals surface area contributed by atoms with Crippen molar-refractivity contribution >= 4 is 11.8 Å². The van der Waals surface area contributed by atoms with Gasteiger partial charge < -0.3 is 10.1 Å². The van der Waals surface area contributed by atoms with E-state index in [1.54, 1.807) is 12.1 Å². The van der Waals surface area contributed by atoms with Crippen LogP contribution in [0.4, 0.5) is 5.82 Å². The van der Waals surface area contributed by atoms with Gasteiger partial charge >= 0.3 is 5.97 Å². The van der Waals surface area contributed by atoms with Gasteiger partial charge in [0.1, 0.15) is 5.82 Å². The summed E-state index contributed by atoms with van der Waals surface area (Å²) >= 11 is 0. The van der Waals surface area contributed by atoms with Crippen molar-refractivity contribution in [3.05, 3.63) is 17.8 Å². The molecule has 1 aliphatic rings. The number of hydrogen-bond acceptors (Lipinski definition) is 5. The van der Waals surface area contributed by atoms with Crippen LogP contribution in [0.15, 0.2) is 12.1 Å². The van der Waals surface area contributed by atoms with Crippen molar-refractivity contribution in [1.29, 1.82) is 0 Å². The van der Waals surface area contributed by atoms with E-state index in [1.807, 2.05) is 0 Å². The Balaban J connectivity index is 1.78. The fourth-order valence-corrected chi connectivity index (χ4v) is 1.83. The molecule has 0 radical (unpaired) electrons. The summed E-state index contributed by atoms with van der Waals surface area (Å²) in [7, 11) is 1.33. The fourth-order valence-electron chi connectivity index (χ4n) is 1.83. The molecule has 0 bridgehead atoms. The molecule has 1 aromatic heterocycles. The Morgan fingerprint density at radius 1 is 1.47 bits per heavy atom. The molecule has 0 aliphatic heterocycles. The summed E-state index contributed by atoms with van der Waals surface area (Å²) < 4.78 is 4.55. The van der Waals surface area contributed by atoms with Crippen LogP contribution in [-0.4, -0.2) is 29.8 Å². The normalized spacial score (nSPS) is 15.1. The summed E-state index contributed by atoms with van der Waals surface area (Å²) in [6.45, 7) is 0.914. The number of esters is 1. The van der Waals surface area contributed by atoms with Crippen LogP contribution in [0.3, 0.4) is 0 Å². The molecule has 2 rings (SSSR count). The predicted octanol–water partition coefficient (Wildman–Crippen LogP) is 1.87. The average molecular weight is 235 g/mol. The lowest BCUT2D eigenvalue weighted by Crippen LogP contribution is -2.16. The highest BCUT2D eigenvalue weighted by atomic mass is 16.5. The minimum absolute atomic E-state index is 0.233. The molecule has 0 amide bonds. The van der Waals surface area contributed by atoms with Gasteiger partial charge in [0.15, 0.2) is 5.69 Å². The molecule has 1 aromatic rings. The van der Waals surface area contributed by atoms with Gasteiger partial charge in [-0.3, -0.25) is 0 Å². The topological polar surface area (TPSA) is 64.1 Å². The minimum Gasteiger partial charge on any atom is -0.464 e. The largest absolute Gasteiger partial charge is 0.464 e. The van der Waals surface area contributed by atoms with E-state index in [1.165, 1.54) is 32.8 Å². The molecule has 1 saturated carbocycles. The van der Waals surface area contributed by atoms with E-state index >= 15 is 0 Å². The molecule has 17 heavy (non-hydrogen) atoms. The molecular formula is C12H17N3O2. The van der Waals surface area contributed by atoms with Gasteiger partial charge in [-0.15, -0.1) is 10.2 Å². The Morgan fingerprint density at radius 2 is 2.29 bits per heavy atom. The monoisotopic (exact) mass is 235 g/mol. The summed E-state index contributed by atoms with van der Waals surface area (Å²) in [6.07, 6.45) is 5.27. The zero-order chi connectivity index (χ0) is 12.1. The van der Waals surface area contributed by atoms with E-state index in [4.69, 9.17) is 0 Å². The highest BCUT2D eigenvalue weighted by Gasteiger charge is 2.16. The van der Waals surface area contributed by atoms with Crippen LogP contribution in [-0.2, 0) is 4.74 Å². The van der Waals surface area contributed by atoms with Gasteiger partial charge in [-0.1, -0.05) is 19.3 Å². The Bertz CT molecular complexity index is 374. The molecule has 0 spiro atoms. The number of aromatic nitrogens is 2. The van der Waals surface area contributed by atoms with Crippen LogP contribution < -0.4 is 5.32 Å². The van der Waals surface area contributed by atoms with E-state index in [2.05, 4.69) is 20.3 Å². The maximum Gasteiger partial charge on any atom is 0.358 e. The fraction of sp³-hybridized carbons (Fsp3) is 0.583. The second kappa shape index (κ2) is 5.61. The number of anilines is 1. The van der Waals surface area contributed by atoms with Crippen molar-refractivity contribution in [3.63, 3.8) is 0 Å². The summed E-state index contributed by atoms with van der Waals surface area (Å²) in [6, 6.07) is 3.37. The second-order valence-electron chi connectivity index (χ2n) is 4.31. The number of methoxy groups -OCH3 is 1. The van der Waals surface area contributed by atoms with Crippen molar-refractivity contribution in [3.8, 4) is 0 Å². The van der Waals surface area contributed by atoms with Gasteiger partial charge in [-0.25, -0.2) is 4.79 Å². The van der Waals surface area contributed by atoms with Crippen molar-refractivity contribution in [2.75, 3.05) is 19.0 Å². The van der Waals surface area contributed by atoms with Crippen LogP contribution in [0, 0.1) is 5.92 Å². The summed E-state index contributed by atoms with van der Waals surface area (Å²) in [5, 5.41) is 10.9. The number of carbonyl (C=O) groups is 1. The van der Waals surface area contributed by atoms with Crippen LogP contribution >= 0.6 is 0 Å². The van der Waals surface area contributed by atoms with Gasteiger partial charge in [0.2, 0.25) is 0 Å². The number of rotatable bonds is 5. The Labute approximate surface area is 101 Å². The van der Waals surface area contributed by atoms with Gasteiger partial charge in [0, 0.05) is 6.54 Å². The third-order valence-electron chi connectivity index (χ3n) is 3.14.